The molecule has 1 heterocycles. The van der Waals surface area contributed by atoms with E-state index < -0.39 is 5.97 Å². The van der Waals surface area contributed by atoms with Crippen LogP contribution < -0.4 is 5.73 Å². The van der Waals surface area contributed by atoms with Crippen molar-refractivity contribution in [2.75, 3.05) is 5.73 Å². The van der Waals surface area contributed by atoms with Gasteiger partial charge < -0.3 is 10.8 Å². The topological polar surface area (TPSA) is 92.0 Å². The maximum absolute atomic E-state index is 11.2. The normalized spacial score (nSPS) is 10.5. The molecule has 0 atom stereocenters. The van der Waals surface area contributed by atoms with Crippen LogP contribution in [-0.2, 0) is 0 Å². The van der Waals surface area contributed by atoms with Crippen molar-refractivity contribution in [3.63, 3.8) is 0 Å². The molecule has 1 aromatic heterocycles. The quantitative estimate of drug-likeness (QED) is 0.689. The molecule has 4 N–H and O–H groups in total. The van der Waals surface area contributed by atoms with Gasteiger partial charge in [0.05, 0.1) is 0 Å². The van der Waals surface area contributed by atoms with Crippen LogP contribution in [0.5, 0.6) is 0 Å². The maximum atomic E-state index is 11.2. The van der Waals surface area contributed by atoms with Crippen molar-refractivity contribution in [2.24, 2.45) is 0 Å². The lowest BCUT2D eigenvalue weighted by molar-refractivity contribution is 0.0697. The Morgan fingerprint density at radius 1 is 1.41 bits per heavy atom. The van der Waals surface area contributed by atoms with Crippen LogP contribution in [-0.4, -0.2) is 21.3 Å². The fourth-order valence-electron chi connectivity index (χ4n) is 1.76. The third kappa shape index (κ3) is 1.87. The van der Waals surface area contributed by atoms with E-state index in [1.54, 1.807) is 13.0 Å². The van der Waals surface area contributed by atoms with Crippen molar-refractivity contribution in [1.29, 1.82) is 0 Å². The number of hydrogen-bond acceptors (Lipinski definition) is 3. The van der Waals surface area contributed by atoms with E-state index in [1.165, 1.54) is 0 Å². The number of benzene rings is 1. The highest BCUT2D eigenvalue weighted by Crippen LogP contribution is 2.29. The minimum Gasteiger partial charge on any atom is -0.478 e. The number of aromatic amines is 1. The molecule has 0 amide bonds. The summed E-state index contributed by atoms with van der Waals surface area (Å²) in [5.41, 5.74) is 9.10. The Morgan fingerprint density at radius 2 is 2.12 bits per heavy atom. The number of aromatic carboxylic acids is 1. The van der Waals surface area contributed by atoms with Crippen LogP contribution in [0, 0.1) is 13.8 Å². The van der Waals surface area contributed by atoms with Crippen molar-refractivity contribution in [2.45, 2.75) is 13.8 Å². The Balaban J connectivity index is 2.68. The number of H-pyrrole nitrogens is 1. The largest absolute Gasteiger partial charge is 0.478 e. The van der Waals surface area contributed by atoms with Crippen LogP contribution in [0.25, 0.3) is 11.3 Å². The number of aromatic nitrogens is 2. The fourth-order valence-corrected chi connectivity index (χ4v) is 1.76. The minimum atomic E-state index is -1.01. The number of aryl methyl sites for hydroxylation is 2. The second-order valence-corrected chi connectivity index (χ2v) is 3.97. The summed E-state index contributed by atoms with van der Waals surface area (Å²) >= 11 is 0. The van der Waals surface area contributed by atoms with Gasteiger partial charge in [0.15, 0.2) is 0 Å². The van der Waals surface area contributed by atoms with Gasteiger partial charge in [0, 0.05) is 16.9 Å². The second-order valence-electron chi connectivity index (χ2n) is 3.97. The van der Waals surface area contributed by atoms with Crippen LogP contribution >= 0.6 is 0 Å². The summed E-state index contributed by atoms with van der Waals surface area (Å²) in [5, 5.41) is 15.9. The van der Waals surface area contributed by atoms with Gasteiger partial charge >= 0.3 is 5.97 Å². The van der Waals surface area contributed by atoms with Gasteiger partial charge in [-0.15, -0.1) is 0 Å². The van der Waals surface area contributed by atoms with E-state index in [9.17, 15) is 4.79 Å². The average Bonchev–Trinajstić information content (AvgIpc) is 2.64. The first-order valence-electron chi connectivity index (χ1n) is 5.15. The Kier molecular flexibility index (Phi) is 2.59. The van der Waals surface area contributed by atoms with E-state index in [0.29, 0.717) is 22.6 Å². The summed E-state index contributed by atoms with van der Waals surface area (Å²) < 4.78 is 0. The number of hydrogen-bond donors (Lipinski definition) is 3. The summed E-state index contributed by atoms with van der Waals surface area (Å²) in [6.45, 7) is 3.59. The SMILES string of the molecule is Cc1ccc(N)c(-c2n[nH]c(C)c2C(=O)O)c1. The predicted molar refractivity (Wildman–Crippen MR) is 64.9 cm³/mol. The first kappa shape index (κ1) is 11.2. The number of carbonyl (C=O) groups is 1. The van der Waals surface area contributed by atoms with E-state index >= 15 is 0 Å². The molecule has 1 aromatic carbocycles. The summed E-state index contributed by atoms with van der Waals surface area (Å²) in [4.78, 5) is 11.2. The lowest BCUT2D eigenvalue weighted by atomic mass is 10.0. The summed E-state index contributed by atoms with van der Waals surface area (Å²) in [6.07, 6.45) is 0. The van der Waals surface area contributed by atoms with E-state index in [0.717, 1.165) is 5.56 Å². The van der Waals surface area contributed by atoms with Crippen molar-refractivity contribution in [1.82, 2.24) is 10.2 Å². The molecule has 0 saturated heterocycles. The molecule has 5 heteroatoms. The molecule has 0 unspecified atom stereocenters. The van der Waals surface area contributed by atoms with Crippen LogP contribution in [0.2, 0.25) is 0 Å². The monoisotopic (exact) mass is 231 g/mol. The molecule has 2 aromatic rings. The molecular formula is C12H13N3O2. The second kappa shape index (κ2) is 3.93. The predicted octanol–water partition coefficient (Wildman–Crippen LogP) is 1.97. The molecule has 0 fully saturated rings. The zero-order chi connectivity index (χ0) is 12.6. The molecule has 2 rings (SSSR count). The number of nitrogens with zero attached hydrogens (tertiary/aromatic N) is 1. The molecule has 0 radical (unpaired) electrons. The van der Waals surface area contributed by atoms with Crippen molar-refractivity contribution in [3.05, 3.63) is 35.0 Å². The minimum absolute atomic E-state index is 0.169. The van der Waals surface area contributed by atoms with Crippen molar-refractivity contribution < 1.29 is 9.90 Å². The standard InChI is InChI=1S/C12H13N3O2/c1-6-3-4-9(13)8(5-6)11-10(12(16)17)7(2)14-15-11/h3-5H,13H2,1-2H3,(H,14,15)(H,16,17). The van der Waals surface area contributed by atoms with Crippen LogP contribution in [0.1, 0.15) is 21.6 Å². The summed E-state index contributed by atoms with van der Waals surface area (Å²) in [5.74, 6) is -1.01. The zero-order valence-corrected chi connectivity index (χ0v) is 9.61. The number of nitrogens with one attached hydrogen (secondary N) is 1. The highest BCUT2D eigenvalue weighted by atomic mass is 16.4. The average molecular weight is 231 g/mol. The molecule has 0 aliphatic rings. The molecule has 0 aliphatic heterocycles. The lowest BCUT2D eigenvalue weighted by Gasteiger charge is -2.05. The molecule has 0 aliphatic carbocycles. The first-order valence-corrected chi connectivity index (χ1v) is 5.15. The van der Waals surface area contributed by atoms with Crippen molar-refractivity contribution >= 4 is 11.7 Å². The van der Waals surface area contributed by atoms with Gasteiger partial charge in [-0.25, -0.2) is 4.79 Å². The Bertz CT molecular complexity index is 587. The van der Waals surface area contributed by atoms with Crippen molar-refractivity contribution in [3.8, 4) is 11.3 Å². The maximum Gasteiger partial charge on any atom is 0.339 e. The van der Waals surface area contributed by atoms with Gasteiger partial charge in [0.2, 0.25) is 0 Å². The number of anilines is 1. The number of carboxylic acid groups (broad SMARTS) is 1. The van der Waals surface area contributed by atoms with Gasteiger partial charge in [-0.1, -0.05) is 11.6 Å². The fraction of sp³-hybridized carbons (Fsp3) is 0.167. The number of nitrogens with two attached hydrogens (primary N) is 1. The molecule has 88 valence electrons. The number of carboxylic acids is 1. The van der Waals surface area contributed by atoms with E-state index in [4.69, 9.17) is 10.8 Å². The van der Waals surface area contributed by atoms with Gasteiger partial charge in [0.25, 0.3) is 0 Å². The smallest absolute Gasteiger partial charge is 0.339 e. The third-order valence-electron chi connectivity index (χ3n) is 2.62. The van der Waals surface area contributed by atoms with Gasteiger partial charge in [-0.3, -0.25) is 5.10 Å². The molecular weight excluding hydrogens is 218 g/mol. The zero-order valence-electron chi connectivity index (χ0n) is 9.61. The van der Waals surface area contributed by atoms with Crippen LogP contribution in [0.4, 0.5) is 5.69 Å². The molecule has 0 bridgehead atoms. The number of rotatable bonds is 2. The molecule has 0 spiro atoms. The van der Waals surface area contributed by atoms with Crippen LogP contribution in [0.3, 0.4) is 0 Å². The van der Waals surface area contributed by atoms with Gasteiger partial charge in [-0.05, 0) is 26.0 Å². The number of nitrogen functional groups attached to an aromatic ring is 1. The lowest BCUT2D eigenvalue weighted by Crippen LogP contribution is -2.01. The Morgan fingerprint density at radius 3 is 2.76 bits per heavy atom. The molecule has 0 saturated carbocycles. The Hall–Kier alpha value is -2.30. The summed E-state index contributed by atoms with van der Waals surface area (Å²) in [7, 11) is 0. The van der Waals surface area contributed by atoms with Gasteiger partial charge in [-0.2, -0.15) is 5.10 Å². The van der Waals surface area contributed by atoms with E-state index in [2.05, 4.69) is 10.2 Å². The Labute approximate surface area is 98.3 Å². The highest BCUT2D eigenvalue weighted by Gasteiger charge is 2.19. The third-order valence-corrected chi connectivity index (χ3v) is 2.62. The molecule has 5 nitrogen and oxygen atoms in total. The first-order chi connectivity index (χ1) is 8.00. The van der Waals surface area contributed by atoms with Crippen LogP contribution in [0.15, 0.2) is 18.2 Å². The molecule has 17 heavy (non-hydrogen) atoms. The van der Waals surface area contributed by atoms with E-state index in [-0.39, 0.29) is 5.56 Å². The highest BCUT2D eigenvalue weighted by molar-refractivity contribution is 5.97. The van der Waals surface area contributed by atoms with E-state index in [1.807, 2.05) is 19.1 Å². The summed E-state index contributed by atoms with van der Waals surface area (Å²) in [6, 6.07) is 5.45. The van der Waals surface area contributed by atoms with Gasteiger partial charge in [0.1, 0.15) is 11.3 Å².